The van der Waals surface area contributed by atoms with Crippen molar-refractivity contribution in [2.45, 2.75) is 0 Å². The molecule has 0 saturated carbocycles. The Morgan fingerprint density at radius 1 is 1.50 bits per heavy atom. The predicted molar refractivity (Wildman–Crippen MR) is 24.0 cm³/mol. The third-order valence-electron chi connectivity index (χ3n) is 0.320. The minimum absolute atomic E-state index is 1.09. The zero-order valence-corrected chi connectivity index (χ0v) is 4.77. The van der Waals surface area contributed by atoms with Crippen LogP contribution in [0.2, 0.25) is 0 Å². The monoisotopic (exact) mass is 138 g/mol. The maximum absolute atomic E-state index is 9.91. The van der Waals surface area contributed by atoms with Crippen molar-refractivity contribution in [1.29, 1.82) is 0 Å². The van der Waals surface area contributed by atoms with Crippen molar-refractivity contribution in [2.75, 3.05) is 7.11 Å². The molecular weight excluding hydrogens is 135 g/mol. The fourth-order valence-corrected chi connectivity index (χ4v) is 0.140. The van der Waals surface area contributed by atoms with E-state index in [1.807, 2.05) is 0 Å². The fourth-order valence-electron chi connectivity index (χ4n) is 0.108. The molecule has 0 aliphatic carbocycles. The van der Waals surface area contributed by atoms with Crippen molar-refractivity contribution in [3.63, 3.8) is 0 Å². The highest BCUT2D eigenvalue weighted by Crippen LogP contribution is 1.84. The minimum Gasteiger partial charge on any atom is -0.288 e. The number of carbonyl (C=O) groups is 2. The van der Waals surface area contributed by atoms with E-state index in [0.29, 0.717) is 0 Å². The number of hydrogen-bond acceptors (Lipinski definition) is 4. The van der Waals surface area contributed by atoms with Gasteiger partial charge in [-0.2, -0.15) is 4.89 Å². The van der Waals surface area contributed by atoms with Gasteiger partial charge in [-0.05, 0) is 11.6 Å². The summed E-state index contributed by atoms with van der Waals surface area (Å²) in [7, 11) is 1.09. The second-order valence-electron chi connectivity index (χ2n) is 0.811. The minimum atomic E-state index is -1.21. The molecule has 46 valence electrons. The molecule has 0 amide bonds. The average Bonchev–Trinajstić information content (AvgIpc) is 1.67. The number of carbonyl (C=O) groups excluding carboxylic acids is 2. The molecule has 4 nitrogen and oxygen atoms in total. The molecule has 0 spiro atoms. The second kappa shape index (κ2) is 3.40. The summed E-state index contributed by atoms with van der Waals surface area (Å²) >= 11 is 4.61. The molecular formula is C3H3ClO4. The highest BCUT2D eigenvalue weighted by Gasteiger charge is 2.10. The van der Waals surface area contributed by atoms with Crippen molar-refractivity contribution < 1.29 is 19.4 Å². The van der Waals surface area contributed by atoms with Gasteiger partial charge in [0.05, 0.1) is 7.11 Å². The first kappa shape index (κ1) is 7.39. The lowest BCUT2D eigenvalue weighted by atomic mass is 10.8. The summed E-state index contributed by atoms with van der Waals surface area (Å²) < 4.78 is 0. The lowest BCUT2D eigenvalue weighted by Crippen LogP contribution is -2.10. The highest BCUT2D eigenvalue weighted by atomic mass is 35.5. The van der Waals surface area contributed by atoms with Crippen molar-refractivity contribution in [1.82, 2.24) is 0 Å². The van der Waals surface area contributed by atoms with Gasteiger partial charge in [0.25, 0.3) is 0 Å². The van der Waals surface area contributed by atoms with Crippen molar-refractivity contribution in [3.8, 4) is 0 Å². The lowest BCUT2D eigenvalue weighted by Gasteiger charge is -1.89. The van der Waals surface area contributed by atoms with E-state index in [1.165, 1.54) is 0 Å². The first-order valence-electron chi connectivity index (χ1n) is 1.63. The number of hydrogen-bond donors (Lipinski definition) is 0. The maximum atomic E-state index is 9.91. The molecule has 0 fully saturated rings. The summed E-state index contributed by atoms with van der Waals surface area (Å²) in [5.74, 6) is -1.21. The van der Waals surface area contributed by atoms with Gasteiger partial charge in [0, 0.05) is 0 Å². The average molecular weight is 139 g/mol. The Morgan fingerprint density at radius 3 is 2.12 bits per heavy atom. The van der Waals surface area contributed by atoms with Crippen LogP contribution in [-0.4, -0.2) is 18.3 Å². The van der Waals surface area contributed by atoms with E-state index < -0.39 is 11.2 Å². The number of halogens is 1. The van der Waals surface area contributed by atoms with Gasteiger partial charge in [0.1, 0.15) is 0 Å². The van der Waals surface area contributed by atoms with Crippen LogP contribution in [0.4, 0.5) is 0 Å². The Kier molecular flexibility index (Phi) is 3.14. The van der Waals surface area contributed by atoms with Gasteiger partial charge in [-0.3, -0.25) is 9.68 Å². The molecule has 0 rings (SSSR count). The molecule has 0 N–H and O–H groups in total. The molecule has 0 aromatic rings. The van der Waals surface area contributed by atoms with Crippen molar-refractivity contribution in [2.24, 2.45) is 0 Å². The molecule has 0 heterocycles. The van der Waals surface area contributed by atoms with Gasteiger partial charge in [-0.15, -0.1) is 0 Å². The van der Waals surface area contributed by atoms with E-state index in [2.05, 4.69) is 21.4 Å². The molecule has 8 heavy (non-hydrogen) atoms. The van der Waals surface area contributed by atoms with Crippen LogP contribution < -0.4 is 0 Å². The van der Waals surface area contributed by atoms with Gasteiger partial charge in [-0.25, -0.2) is 4.79 Å². The van der Waals surface area contributed by atoms with Gasteiger partial charge in [0.2, 0.25) is 0 Å². The Bertz CT molecular complexity index is 110. The summed E-state index contributed by atoms with van der Waals surface area (Å²) in [5, 5.41) is -1.20. The topological polar surface area (TPSA) is 52.6 Å². The van der Waals surface area contributed by atoms with Crippen LogP contribution in [0.1, 0.15) is 0 Å². The quantitative estimate of drug-likeness (QED) is 0.231. The third-order valence-corrected chi connectivity index (χ3v) is 0.474. The molecule has 0 aliphatic heterocycles. The Balaban J connectivity index is 3.49. The highest BCUT2D eigenvalue weighted by molar-refractivity contribution is 6.80. The van der Waals surface area contributed by atoms with Crippen LogP contribution in [0, 0.1) is 0 Å². The predicted octanol–water partition coefficient (Wildman–Crippen LogP) is -0.144. The van der Waals surface area contributed by atoms with Crippen LogP contribution in [0.25, 0.3) is 0 Å². The fraction of sp³-hybridized carbons (Fsp3) is 0.333. The van der Waals surface area contributed by atoms with Crippen LogP contribution in [0.5, 0.6) is 0 Å². The zero-order valence-electron chi connectivity index (χ0n) is 4.01. The molecule has 0 unspecified atom stereocenters. The van der Waals surface area contributed by atoms with E-state index in [4.69, 9.17) is 0 Å². The lowest BCUT2D eigenvalue weighted by molar-refractivity contribution is -0.251. The van der Waals surface area contributed by atoms with E-state index in [-0.39, 0.29) is 0 Å². The summed E-state index contributed by atoms with van der Waals surface area (Å²) in [6, 6.07) is 0. The van der Waals surface area contributed by atoms with Crippen LogP contribution in [-0.2, 0) is 19.4 Å². The molecule has 0 atom stereocenters. The normalized spacial score (nSPS) is 8.25. The summed E-state index contributed by atoms with van der Waals surface area (Å²) in [5.41, 5.74) is 0. The molecule has 0 bridgehead atoms. The van der Waals surface area contributed by atoms with Crippen LogP contribution in [0.15, 0.2) is 0 Å². The van der Waals surface area contributed by atoms with E-state index in [9.17, 15) is 9.59 Å². The first-order chi connectivity index (χ1) is 3.68. The number of rotatable bonds is 2. The summed E-state index contributed by atoms with van der Waals surface area (Å²) in [6.45, 7) is 0. The first-order valence-corrected chi connectivity index (χ1v) is 2.00. The van der Waals surface area contributed by atoms with Crippen molar-refractivity contribution >= 4 is 22.8 Å². The van der Waals surface area contributed by atoms with E-state index in [1.54, 1.807) is 0 Å². The van der Waals surface area contributed by atoms with E-state index in [0.717, 1.165) is 7.11 Å². The molecule has 0 saturated heterocycles. The molecule has 0 aliphatic rings. The Morgan fingerprint density at radius 2 is 2.00 bits per heavy atom. The van der Waals surface area contributed by atoms with Crippen LogP contribution in [0.3, 0.4) is 0 Å². The second-order valence-corrected chi connectivity index (χ2v) is 1.15. The van der Waals surface area contributed by atoms with Crippen LogP contribution >= 0.6 is 11.6 Å². The SMILES string of the molecule is COOC(=O)C(=O)Cl. The standard InChI is InChI=1S/C3H3ClO4/c1-7-8-3(6)2(4)5/h1H3. The largest absolute Gasteiger partial charge is 0.424 e. The molecule has 0 aromatic carbocycles. The molecule has 0 aromatic heterocycles. The third kappa shape index (κ3) is 2.54. The maximum Gasteiger partial charge on any atom is 0.424 e. The van der Waals surface area contributed by atoms with Gasteiger partial charge >= 0.3 is 11.2 Å². The summed E-state index contributed by atoms with van der Waals surface area (Å²) in [6.07, 6.45) is 0. The Hall–Kier alpha value is -0.610. The smallest absolute Gasteiger partial charge is 0.288 e. The molecule has 0 radical (unpaired) electrons. The zero-order chi connectivity index (χ0) is 6.57. The molecule has 5 heteroatoms. The summed E-state index contributed by atoms with van der Waals surface area (Å²) in [4.78, 5) is 27.2. The van der Waals surface area contributed by atoms with Crippen molar-refractivity contribution in [3.05, 3.63) is 0 Å². The van der Waals surface area contributed by atoms with Gasteiger partial charge in [0.15, 0.2) is 0 Å². The Labute approximate surface area is 50.3 Å². The van der Waals surface area contributed by atoms with E-state index >= 15 is 0 Å². The van der Waals surface area contributed by atoms with Gasteiger partial charge in [-0.1, -0.05) is 0 Å². The van der Waals surface area contributed by atoms with Gasteiger partial charge < -0.3 is 0 Å².